The Balaban J connectivity index is 2.14. The lowest BCUT2D eigenvalue weighted by molar-refractivity contribution is 0.405. The van der Waals surface area contributed by atoms with E-state index in [4.69, 9.17) is 5.73 Å². The number of pyridine rings is 1. The minimum atomic E-state index is 0.0546. The first-order chi connectivity index (χ1) is 8.11. The lowest BCUT2D eigenvalue weighted by Crippen LogP contribution is -2.31. The van der Waals surface area contributed by atoms with Gasteiger partial charge in [0.15, 0.2) is 5.65 Å². The summed E-state index contributed by atoms with van der Waals surface area (Å²) in [6.45, 7) is 5.64. The van der Waals surface area contributed by atoms with E-state index in [1.165, 1.54) is 0 Å². The van der Waals surface area contributed by atoms with Crippen molar-refractivity contribution >= 4 is 17.0 Å². The van der Waals surface area contributed by atoms with Gasteiger partial charge in [-0.15, -0.1) is 0 Å². The molecule has 17 heavy (non-hydrogen) atoms. The van der Waals surface area contributed by atoms with Crippen LogP contribution in [0.2, 0.25) is 0 Å². The van der Waals surface area contributed by atoms with Gasteiger partial charge in [-0.25, -0.2) is 9.97 Å². The van der Waals surface area contributed by atoms with E-state index < -0.39 is 0 Å². The highest BCUT2D eigenvalue weighted by Crippen LogP contribution is 2.15. The fourth-order valence-electron chi connectivity index (χ4n) is 1.35. The largest absolute Gasteiger partial charge is 0.369 e. The molecule has 0 aliphatic carbocycles. The summed E-state index contributed by atoms with van der Waals surface area (Å²) in [6, 6.07) is 3.82. The number of aromatic nitrogens is 3. The summed E-state index contributed by atoms with van der Waals surface area (Å²) in [5.74, 6) is 0.805. The van der Waals surface area contributed by atoms with Crippen LogP contribution < -0.4 is 11.1 Å². The fourth-order valence-corrected chi connectivity index (χ4v) is 1.35. The van der Waals surface area contributed by atoms with E-state index in [0.29, 0.717) is 12.2 Å². The zero-order valence-electron chi connectivity index (χ0n) is 10.1. The molecule has 2 aromatic rings. The van der Waals surface area contributed by atoms with Crippen molar-refractivity contribution in [3.8, 4) is 0 Å². The van der Waals surface area contributed by atoms with Crippen molar-refractivity contribution < 1.29 is 0 Å². The average molecular weight is 231 g/mol. The van der Waals surface area contributed by atoms with Crippen LogP contribution in [0.4, 0.5) is 5.82 Å². The minimum absolute atomic E-state index is 0.0546. The molecule has 5 heteroatoms. The number of anilines is 1. The molecule has 0 unspecified atom stereocenters. The molecule has 0 spiro atoms. The zero-order chi connectivity index (χ0) is 12.3. The van der Waals surface area contributed by atoms with Crippen LogP contribution in [0.1, 0.15) is 13.8 Å². The first-order valence-electron chi connectivity index (χ1n) is 5.62. The highest BCUT2D eigenvalue weighted by Gasteiger charge is 2.15. The van der Waals surface area contributed by atoms with Gasteiger partial charge in [0.05, 0.1) is 0 Å². The monoisotopic (exact) mass is 231 g/mol. The molecular formula is C12H17N5. The molecule has 5 nitrogen and oxygen atoms in total. The Hall–Kier alpha value is -1.75. The quantitative estimate of drug-likeness (QED) is 0.832. The third kappa shape index (κ3) is 2.88. The van der Waals surface area contributed by atoms with Crippen LogP contribution in [0.15, 0.2) is 24.5 Å². The number of hydrogen-bond acceptors (Lipinski definition) is 5. The number of nitrogens with two attached hydrogens (primary N) is 1. The molecule has 0 aliphatic heterocycles. The van der Waals surface area contributed by atoms with Gasteiger partial charge in [-0.3, -0.25) is 4.98 Å². The Bertz CT molecular complexity index is 509. The summed E-state index contributed by atoms with van der Waals surface area (Å²) >= 11 is 0. The maximum absolute atomic E-state index is 5.68. The fraction of sp³-hybridized carbons (Fsp3) is 0.417. The SMILES string of the molecule is CC(C)(CN)CNc1ccc2nccnc2n1. The van der Waals surface area contributed by atoms with E-state index in [2.05, 4.69) is 34.1 Å². The Morgan fingerprint density at radius 2 is 2.00 bits per heavy atom. The number of nitrogens with zero attached hydrogens (tertiary/aromatic N) is 3. The molecule has 2 heterocycles. The van der Waals surface area contributed by atoms with E-state index >= 15 is 0 Å². The summed E-state index contributed by atoms with van der Waals surface area (Å²) in [4.78, 5) is 12.7. The predicted molar refractivity (Wildman–Crippen MR) is 68.7 cm³/mol. The van der Waals surface area contributed by atoms with Crippen molar-refractivity contribution in [2.45, 2.75) is 13.8 Å². The second-order valence-electron chi connectivity index (χ2n) is 4.82. The Kier molecular flexibility index (Phi) is 3.19. The van der Waals surface area contributed by atoms with Crippen molar-refractivity contribution in [1.29, 1.82) is 0 Å². The van der Waals surface area contributed by atoms with E-state index in [1.807, 2.05) is 12.1 Å². The van der Waals surface area contributed by atoms with Crippen molar-refractivity contribution in [2.75, 3.05) is 18.4 Å². The van der Waals surface area contributed by atoms with Crippen molar-refractivity contribution in [3.63, 3.8) is 0 Å². The molecule has 0 bridgehead atoms. The molecule has 0 saturated carbocycles. The van der Waals surface area contributed by atoms with Gasteiger partial charge in [-0.2, -0.15) is 0 Å². The zero-order valence-corrected chi connectivity index (χ0v) is 10.1. The Labute approximate surface area is 100 Å². The summed E-state index contributed by atoms with van der Waals surface area (Å²) in [7, 11) is 0. The molecule has 0 saturated heterocycles. The average Bonchev–Trinajstić information content (AvgIpc) is 2.36. The van der Waals surface area contributed by atoms with E-state index in [1.54, 1.807) is 12.4 Å². The van der Waals surface area contributed by atoms with Crippen molar-refractivity contribution in [3.05, 3.63) is 24.5 Å². The highest BCUT2D eigenvalue weighted by atomic mass is 15.0. The maximum Gasteiger partial charge on any atom is 0.180 e. The molecule has 0 radical (unpaired) electrons. The lowest BCUT2D eigenvalue weighted by Gasteiger charge is -2.22. The number of fused-ring (bicyclic) bond motifs is 1. The van der Waals surface area contributed by atoms with Gasteiger partial charge < -0.3 is 11.1 Å². The molecular weight excluding hydrogens is 214 g/mol. The van der Waals surface area contributed by atoms with Crippen LogP contribution in [0.25, 0.3) is 11.2 Å². The molecule has 0 amide bonds. The Morgan fingerprint density at radius 1 is 1.24 bits per heavy atom. The van der Waals surface area contributed by atoms with Crippen LogP contribution >= 0.6 is 0 Å². The van der Waals surface area contributed by atoms with Gasteiger partial charge in [-0.05, 0) is 24.1 Å². The summed E-state index contributed by atoms with van der Waals surface area (Å²) in [6.07, 6.45) is 3.30. The molecule has 90 valence electrons. The molecule has 0 aromatic carbocycles. The van der Waals surface area contributed by atoms with Gasteiger partial charge in [0, 0.05) is 18.9 Å². The highest BCUT2D eigenvalue weighted by molar-refractivity contribution is 5.71. The topological polar surface area (TPSA) is 76.7 Å². The summed E-state index contributed by atoms with van der Waals surface area (Å²) in [5, 5.41) is 3.27. The molecule has 3 N–H and O–H groups in total. The van der Waals surface area contributed by atoms with Gasteiger partial charge >= 0.3 is 0 Å². The minimum Gasteiger partial charge on any atom is -0.369 e. The van der Waals surface area contributed by atoms with Crippen LogP contribution in [0.5, 0.6) is 0 Å². The van der Waals surface area contributed by atoms with Crippen molar-refractivity contribution in [2.24, 2.45) is 11.1 Å². The number of nitrogens with one attached hydrogen (secondary N) is 1. The van der Waals surface area contributed by atoms with Crippen molar-refractivity contribution in [1.82, 2.24) is 15.0 Å². The molecule has 0 fully saturated rings. The third-order valence-electron chi connectivity index (χ3n) is 2.63. The normalized spacial score (nSPS) is 11.7. The third-order valence-corrected chi connectivity index (χ3v) is 2.63. The molecule has 0 aliphatic rings. The van der Waals surface area contributed by atoms with E-state index in [9.17, 15) is 0 Å². The standard InChI is InChI=1S/C12H17N5/c1-12(2,7-13)8-16-10-4-3-9-11(17-10)15-6-5-14-9/h3-6H,7-8,13H2,1-2H3,(H,15,16,17). The van der Waals surface area contributed by atoms with Gasteiger partial charge in [0.25, 0.3) is 0 Å². The first-order valence-corrected chi connectivity index (χ1v) is 5.62. The summed E-state index contributed by atoms with van der Waals surface area (Å²) in [5.41, 5.74) is 7.19. The van der Waals surface area contributed by atoms with Crippen LogP contribution in [0, 0.1) is 5.41 Å². The smallest absolute Gasteiger partial charge is 0.180 e. The van der Waals surface area contributed by atoms with E-state index in [0.717, 1.165) is 17.9 Å². The van der Waals surface area contributed by atoms with Gasteiger partial charge in [0.1, 0.15) is 11.3 Å². The van der Waals surface area contributed by atoms with E-state index in [-0.39, 0.29) is 5.41 Å². The lowest BCUT2D eigenvalue weighted by atomic mass is 9.94. The first kappa shape index (κ1) is 11.7. The van der Waals surface area contributed by atoms with Crippen LogP contribution in [-0.4, -0.2) is 28.0 Å². The Morgan fingerprint density at radius 3 is 2.76 bits per heavy atom. The van der Waals surface area contributed by atoms with Crippen LogP contribution in [-0.2, 0) is 0 Å². The second-order valence-corrected chi connectivity index (χ2v) is 4.82. The van der Waals surface area contributed by atoms with Gasteiger partial charge in [0.2, 0.25) is 0 Å². The number of rotatable bonds is 4. The predicted octanol–water partition coefficient (Wildman–Crippen LogP) is 1.42. The molecule has 2 aromatic heterocycles. The second kappa shape index (κ2) is 4.63. The van der Waals surface area contributed by atoms with Gasteiger partial charge in [-0.1, -0.05) is 13.8 Å². The maximum atomic E-state index is 5.68. The molecule has 2 rings (SSSR count). The number of hydrogen-bond donors (Lipinski definition) is 2. The van der Waals surface area contributed by atoms with Crippen LogP contribution in [0.3, 0.4) is 0 Å². The molecule has 0 atom stereocenters. The summed E-state index contributed by atoms with van der Waals surface area (Å²) < 4.78 is 0.